The van der Waals surface area contributed by atoms with Crippen LogP contribution in [0.1, 0.15) is 0 Å². The van der Waals surface area contributed by atoms with Crippen LogP contribution >= 0.6 is 11.3 Å². The molecule has 202 valence electrons. The highest BCUT2D eigenvalue weighted by Crippen LogP contribution is 2.45. The maximum absolute atomic E-state index is 5.14. The Bertz CT molecular complexity index is 2440. The van der Waals surface area contributed by atoms with Crippen LogP contribution in [0.3, 0.4) is 0 Å². The van der Waals surface area contributed by atoms with Gasteiger partial charge in [-0.2, -0.15) is 0 Å². The van der Waals surface area contributed by atoms with Crippen LogP contribution in [0.4, 0.5) is 0 Å². The van der Waals surface area contributed by atoms with Crippen molar-refractivity contribution < 1.29 is 0 Å². The summed E-state index contributed by atoms with van der Waals surface area (Å²) in [6.45, 7) is 0. The Morgan fingerprint density at radius 3 is 1.67 bits per heavy atom. The lowest BCUT2D eigenvalue weighted by molar-refractivity contribution is 1.17. The van der Waals surface area contributed by atoms with E-state index in [1.807, 2.05) is 48.8 Å². The second kappa shape index (κ2) is 9.48. The summed E-state index contributed by atoms with van der Waals surface area (Å²) in [5, 5.41) is 6.82. The van der Waals surface area contributed by atoms with Crippen molar-refractivity contribution >= 4 is 54.9 Å². The van der Waals surface area contributed by atoms with Gasteiger partial charge in [-0.05, 0) is 60.7 Å². The summed E-state index contributed by atoms with van der Waals surface area (Å²) in [6, 6.07) is 44.5. The average Bonchev–Trinajstić information content (AvgIpc) is 3.76. The van der Waals surface area contributed by atoms with Crippen LogP contribution in [0, 0.1) is 0 Å². The van der Waals surface area contributed by atoms with Gasteiger partial charge in [-0.25, -0.2) is 4.98 Å². The molecule has 0 amide bonds. The minimum absolute atomic E-state index is 0.837. The van der Waals surface area contributed by atoms with Gasteiger partial charge in [-0.15, -0.1) is 0 Å². The molecule has 4 aromatic carbocycles. The van der Waals surface area contributed by atoms with E-state index in [2.05, 4.69) is 105 Å². The molecule has 9 aromatic rings. The molecule has 0 spiro atoms. The topological polar surface area (TPSA) is 48.5 Å². The van der Waals surface area contributed by atoms with E-state index in [-0.39, 0.29) is 0 Å². The molecule has 43 heavy (non-hydrogen) atoms. The third kappa shape index (κ3) is 3.60. The summed E-state index contributed by atoms with van der Waals surface area (Å²) in [7, 11) is 0. The number of aromatic nitrogens is 5. The standard InChI is InChI=1S/C37H23N5S/c1-2-12-24(13-3-1)41-29-18-6-4-14-25(29)33-31(41)20-21-32-34(33)26-15-5-7-19-30(26)42(32)37-35(27-16-8-10-22-38-27)40-36(43-37)28-17-9-11-23-39-28/h1-23H. The minimum Gasteiger partial charge on any atom is -0.309 e. The molecule has 0 bridgehead atoms. The van der Waals surface area contributed by atoms with Crippen molar-refractivity contribution in [3.63, 3.8) is 0 Å². The van der Waals surface area contributed by atoms with Crippen molar-refractivity contribution in [2.45, 2.75) is 0 Å². The first-order valence-electron chi connectivity index (χ1n) is 14.2. The molecule has 0 N–H and O–H groups in total. The molecule has 0 saturated carbocycles. The van der Waals surface area contributed by atoms with Gasteiger partial charge < -0.3 is 4.57 Å². The Morgan fingerprint density at radius 1 is 0.465 bits per heavy atom. The smallest absolute Gasteiger partial charge is 0.144 e. The number of hydrogen-bond donors (Lipinski definition) is 0. The maximum atomic E-state index is 5.14. The monoisotopic (exact) mass is 569 g/mol. The van der Waals surface area contributed by atoms with Gasteiger partial charge in [0.1, 0.15) is 15.7 Å². The third-order valence-electron chi connectivity index (χ3n) is 8.09. The molecule has 0 aliphatic rings. The van der Waals surface area contributed by atoms with Gasteiger partial charge in [-0.3, -0.25) is 14.5 Å². The number of fused-ring (bicyclic) bond motifs is 7. The van der Waals surface area contributed by atoms with Gasteiger partial charge in [0.2, 0.25) is 0 Å². The highest BCUT2D eigenvalue weighted by atomic mass is 32.1. The van der Waals surface area contributed by atoms with E-state index in [1.165, 1.54) is 32.6 Å². The van der Waals surface area contributed by atoms with Crippen LogP contribution in [-0.2, 0) is 0 Å². The molecule has 5 heterocycles. The first kappa shape index (κ1) is 24.1. The van der Waals surface area contributed by atoms with Gasteiger partial charge in [-0.1, -0.05) is 78.1 Å². The first-order valence-corrected chi connectivity index (χ1v) is 15.0. The minimum atomic E-state index is 0.837. The number of nitrogens with zero attached hydrogens (tertiary/aromatic N) is 5. The Morgan fingerprint density at radius 2 is 1.02 bits per heavy atom. The highest BCUT2D eigenvalue weighted by molar-refractivity contribution is 7.18. The van der Waals surface area contributed by atoms with Gasteiger partial charge in [0.25, 0.3) is 0 Å². The highest BCUT2D eigenvalue weighted by Gasteiger charge is 2.24. The quantitative estimate of drug-likeness (QED) is 0.212. The molecule has 0 atom stereocenters. The van der Waals surface area contributed by atoms with Gasteiger partial charge in [0.05, 0.1) is 33.5 Å². The predicted octanol–water partition coefficient (Wildman–Crippen LogP) is 9.46. The van der Waals surface area contributed by atoms with Gasteiger partial charge >= 0.3 is 0 Å². The van der Waals surface area contributed by atoms with E-state index < -0.39 is 0 Å². The average molecular weight is 570 g/mol. The normalized spacial score (nSPS) is 11.7. The lowest BCUT2D eigenvalue weighted by atomic mass is 10.1. The van der Waals surface area contributed by atoms with Crippen molar-refractivity contribution in [1.82, 2.24) is 24.1 Å². The molecule has 0 unspecified atom stereocenters. The Hall–Kier alpha value is -5.59. The summed E-state index contributed by atoms with van der Waals surface area (Å²) in [4.78, 5) is 14.5. The van der Waals surface area contributed by atoms with Crippen molar-refractivity contribution in [2.24, 2.45) is 0 Å². The Kier molecular flexibility index (Phi) is 5.30. The second-order valence-electron chi connectivity index (χ2n) is 10.5. The third-order valence-corrected chi connectivity index (χ3v) is 9.15. The van der Waals surface area contributed by atoms with Crippen LogP contribution < -0.4 is 0 Å². The molecular formula is C37H23N5S. The molecule has 5 aromatic heterocycles. The van der Waals surface area contributed by atoms with Crippen molar-refractivity contribution in [1.29, 1.82) is 0 Å². The van der Waals surface area contributed by atoms with E-state index in [1.54, 1.807) is 11.3 Å². The van der Waals surface area contributed by atoms with Crippen LogP contribution in [0.2, 0.25) is 0 Å². The van der Waals surface area contributed by atoms with E-state index in [9.17, 15) is 0 Å². The summed E-state index contributed by atoms with van der Waals surface area (Å²) >= 11 is 1.65. The van der Waals surface area contributed by atoms with Crippen LogP contribution in [0.5, 0.6) is 0 Å². The molecule has 5 nitrogen and oxygen atoms in total. The lowest BCUT2D eigenvalue weighted by Gasteiger charge is -2.09. The van der Waals surface area contributed by atoms with Crippen molar-refractivity contribution in [3.8, 4) is 32.8 Å². The zero-order chi connectivity index (χ0) is 28.3. The summed E-state index contributed by atoms with van der Waals surface area (Å²) in [5.74, 6) is 0. The van der Waals surface area contributed by atoms with Crippen molar-refractivity contribution in [2.75, 3.05) is 0 Å². The Labute approximate surface area is 251 Å². The number of hydrogen-bond acceptors (Lipinski definition) is 4. The van der Waals surface area contributed by atoms with E-state index >= 15 is 0 Å². The fourth-order valence-corrected chi connectivity index (χ4v) is 7.40. The summed E-state index contributed by atoms with van der Waals surface area (Å²) in [5.41, 5.74) is 8.34. The zero-order valence-electron chi connectivity index (χ0n) is 22.9. The number of rotatable bonds is 4. The maximum Gasteiger partial charge on any atom is 0.144 e. The number of para-hydroxylation sites is 3. The summed E-state index contributed by atoms with van der Waals surface area (Å²) < 4.78 is 4.74. The molecule has 0 aliphatic heterocycles. The number of thiazole rings is 1. The number of pyridine rings is 2. The van der Waals surface area contributed by atoms with Crippen LogP contribution in [0.25, 0.3) is 76.4 Å². The van der Waals surface area contributed by atoms with E-state index in [0.29, 0.717) is 0 Å². The molecule has 9 rings (SSSR count). The molecular weight excluding hydrogens is 547 g/mol. The largest absolute Gasteiger partial charge is 0.309 e. The fourth-order valence-electron chi connectivity index (χ4n) is 6.32. The van der Waals surface area contributed by atoms with Gasteiger partial charge in [0, 0.05) is 39.6 Å². The first-order chi connectivity index (χ1) is 21.4. The molecule has 0 fully saturated rings. The van der Waals surface area contributed by atoms with Crippen molar-refractivity contribution in [3.05, 3.63) is 140 Å². The van der Waals surface area contributed by atoms with Crippen LogP contribution in [0.15, 0.2) is 140 Å². The van der Waals surface area contributed by atoms with E-state index in [4.69, 9.17) is 9.97 Å². The molecule has 0 aliphatic carbocycles. The molecule has 6 heteroatoms. The van der Waals surface area contributed by atoms with Crippen LogP contribution in [-0.4, -0.2) is 24.1 Å². The lowest BCUT2D eigenvalue weighted by Crippen LogP contribution is -1.95. The molecule has 0 radical (unpaired) electrons. The van der Waals surface area contributed by atoms with E-state index in [0.717, 1.165) is 43.8 Å². The summed E-state index contributed by atoms with van der Waals surface area (Å²) in [6.07, 6.45) is 3.64. The second-order valence-corrected chi connectivity index (χ2v) is 11.5. The zero-order valence-corrected chi connectivity index (χ0v) is 23.7. The molecule has 0 saturated heterocycles. The Balaban J connectivity index is 1.43. The fraction of sp³-hybridized carbons (Fsp3) is 0. The SMILES string of the molecule is c1ccc(-n2c3ccccc3c3c4c5ccccc5n(-c5sc(-c6ccccn6)nc5-c5ccccn5)c4ccc32)cc1. The van der Waals surface area contributed by atoms with Gasteiger partial charge in [0.15, 0.2) is 0 Å². The predicted molar refractivity (Wildman–Crippen MR) is 177 cm³/mol. The number of benzene rings is 4.